The monoisotopic (exact) mass is 368 g/mol. The molecule has 6 heteroatoms. The SMILES string of the molecule is COCc1nn(C(c2ccc(C(C)C)cc2)C(C)C)c2nc(C)[nH]c(=O)c12. The van der Waals surface area contributed by atoms with Crippen LogP contribution >= 0.6 is 0 Å². The fourth-order valence-electron chi connectivity index (χ4n) is 3.54. The van der Waals surface area contributed by atoms with Crippen LogP contribution < -0.4 is 5.56 Å². The molecule has 1 atom stereocenters. The summed E-state index contributed by atoms with van der Waals surface area (Å²) in [5, 5.41) is 5.25. The van der Waals surface area contributed by atoms with E-state index in [1.54, 1.807) is 14.0 Å². The number of benzene rings is 1. The van der Waals surface area contributed by atoms with Gasteiger partial charge < -0.3 is 9.72 Å². The largest absolute Gasteiger partial charge is 0.378 e. The quantitative estimate of drug-likeness (QED) is 0.715. The van der Waals surface area contributed by atoms with E-state index in [4.69, 9.17) is 9.84 Å². The number of aryl methyl sites for hydroxylation is 1. The fourth-order valence-corrected chi connectivity index (χ4v) is 3.54. The first kappa shape index (κ1) is 19.3. The Morgan fingerprint density at radius 3 is 2.30 bits per heavy atom. The van der Waals surface area contributed by atoms with Crippen LogP contribution in [0.15, 0.2) is 29.1 Å². The minimum atomic E-state index is -0.173. The molecule has 0 saturated heterocycles. The molecule has 0 fully saturated rings. The number of aromatic amines is 1. The molecular formula is C21H28N4O2. The maximum atomic E-state index is 12.6. The molecule has 3 aromatic rings. The normalized spacial score (nSPS) is 13.0. The number of nitrogens with zero attached hydrogens (tertiary/aromatic N) is 3. The van der Waals surface area contributed by atoms with E-state index in [9.17, 15) is 4.79 Å². The third-order valence-electron chi connectivity index (χ3n) is 4.87. The van der Waals surface area contributed by atoms with Gasteiger partial charge in [0, 0.05) is 7.11 Å². The second kappa shape index (κ2) is 7.64. The lowest BCUT2D eigenvalue weighted by Gasteiger charge is -2.23. The molecule has 0 spiro atoms. The highest BCUT2D eigenvalue weighted by atomic mass is 16.5. The minimum Gasteiger partial charge on any atom is -0.378 e. The van der Waals surface area contributed by atoms with Gasteiger partial charge in [-0.3, -0.25) is 4.79 Å². The topological polar surface area (TPSA) is 72.8 Å². The Morgan fingerprint density at radius 1 is 1.11 bits per heavy atom. The Balaban J connectivity index is 2.21. The molecule has 0 saturated carbocycles. The smallest absolute Gasteiger partial charge is 0.262 e. The summed E-state index contributed by atoms with van der Waals surface area (Å²) >= 11 is 0. The van der Waals surface area contributed by atoms with Gasteiger partial charge in [0.2, 0.25) is 0 Å². The maximum Gasteiger partial charge on any atom is 0.262 e. The zero-order chi connectivity index (χ0) is 19.7. The van der Waals surface area contributed by atoms with Crippen molar-refractivity contribution in [2.45, 2.75) is 53.2 Å². The third kappa shape index (κ3) is 3.67. The summed E-state index contributed by atoms with van der Waals surface area (Å²) in [5.41, 5.74) is 3.51. The Kier molecular flexibility index (Phi) is 5.46. The average Bonchev–Trinajstić information content (AvgIpc) is 2.94. The first-order valence-corrected chi connectivity index (χ1v) is 9.40. The van der Waals surface area contributed by atoms with Crippen LogP contribution in [0, 0.1) is 12.8 Å². The van der Waals surface area contributed by atoms with Gasteiger partial charge in [-0.2, -0.15) is 5.10 Å². The van der Waals surface area contributed by atoms with Crippen LogP contribution in [0.2, 0.25) is 0 Å². The van der Waals surface area contributed by atoms with Crippen molar-refractivity contribution in [3.63, 3.8) is 0 Å². The van der Waals surface area contributed by atoms with E-state index < -0.39 is 0 Å². The molecule has 1 aromatic carbocycles. The van der Waals surface area contributed by atoms with Gasteiger partial charge in [0.1, 0.15) is 16.9 Å². The number of H-pyrrole nitrogens is 1. The zero-order valence-corrected chi connectivity index (χ0v) is 16.9. The van der Waals surface area contributed by atoms with Gasteiger partial charge in [0.15, 0.2) is 5.65 Å². The highest BCUT2D eigenvalue weighted by Crippen LogP contribution is 2.30. The number of fused-ring (bicyclic) bond motifs is 1. The standard InChI is InChI=1S/C21H28N4O2/c1-12(2)15-7-9-16(10-8-15)19(13(3)4)25-20-18(17(24-25)11-27-6)21(26)23-14(5)22-20/h7-10,12-13,19H,11H2,1-6H3,(H,22,23,26). The van der Waals surface area contributed by atoms with Gasteiger partial charge in [0.05, 0.1) is 12.6 Å². The minimum absolute atomic E-state index is 0.0204. The van der Waals surface area contributed by atoms with E-state index in [0.717, 1.165) is 5.56 Å². The molecule has 2 aromatic heterocycles. The van der Waals surface area contributed by atoms with E-state index in [2.05, 4.69) is 61.9 Å². The molecule has 2 heterocycles. The first-order chi connectivity index (χ1) is 12.8. The van der Waals surface area contributed by atoms with Crippen LogP contribution in [0.1, 0.15) is 62.3 Å². The van der Waals surface area contributed by atoms with Crippen molar-refractivity contribution < 1.29 is 4.74 Å². The lowest BCUT2D eigenvalue weighted by Crippen LogP contribution is -2.19. The molecule has 3 rings (SSSR count). The molecule has 27 heavy (non-hydrogen) atoms. The van der Waals surface area contributed by atoms with Crippen molar-refractivity contribution in [2.24, 2.45) is 5.92 Å². The lowest BCUT2D eigenvalue weighted by atomic mass is 9.93. The van der Waals surface area contributed by atoms with Crippen LogP contribution in [0.3, 0.4) is 0 Å². The molecule has 0 amide bonds. The summed E-state index contributed by atoms with van der Waals surface area (Å²) in [5.74, 6) is 1.34. The molecule has 1 N–H and O–H groups in total. The number of ether oxygens (including phenoxy) is 1. The van der Waals surface area contributed by atoms with Crippen LogP contribution in [0.5, 0.6) is 0 Å². The number of hydrogen-bond donors (Lipinski definition) is 1. The predicted octanol–water partition coefficient (Wildman–Crippen LogP) is 3.94. The summed E-state index contributed by atoms with van der Waals surface area (Å²) in [6.07, 6.45) is 0. The number of hydrogen-bond acceptors (Lipinski definition) is 4. The highest BCUT2D eigenvalue weighted by Gasteiger charge is 2.25. The van der Waals surface area contributed by atoms with Crippen molar-refractivity contribution >= 4 is 11.0 Å². The van der Waals surface area contributed by atoms with Gasteiger partial charge in [0.25, 0.3) is 5.56 Å². The van der Waals surface area contributed by atoms with Crippen LogP contribution in [-0.4, -0.2) is 26.9 Å². The number of nitrogens with one attached hydrogen (secondary N) is 1. The van der Waals surface area contributed by atoms with Crippen molar-refractivity contribution in [1.29, 1.82) is 0 Å². The number of rotatable bonds is 6. The molecule has 0 aliphatic carbocycles. The van der Waals surface area contributed by atoms with Crippen molar-refractivity contribution in [1.82, 2.24) is 19.7 Å². The van der Waals surface area contributed by atoms with Gasteiger partial charge in [-0.1, -0.05) is 52.0 Å². The molecule has 6 nitrogen and oxygen atoms in total. The van der Waals surface area contributed by atoms with Gasteiger partial charge in [-0.05, 0) is 29.9 Å². The van der Waals surface area contributed by atoms with Crippen molar-refractivity contribution in [3.8, 4) is 0 Å². The Labute approximate surface area is 159 Å². The molecule has 0 radical (unpaired) electrons. The van der Waals surface area contributed by atoms with Crippen LogP contribution in [0.4, 0.5) is 0 Å². The van der Waals surface area contributed by atoms with Crippen molar-refractivity contribution in [3.05, 3.63) is 57.3 Å². The predicted molar refractivity (Wildman–Crippen MR) is 107 cm³/mol. The zero-order valence-electron chi connectivity index (χ0n) is 16.9. The molecule has 1 unspecified atom stereocenters. The highest BCUT2D eigenvalue weighted by molar-refractivity contribution is 5.77. The van der Waals surface area contributed by atoms with E-state index >= 15 is 0 Å². The van der Waals surface area contributed by atoms with Crippen LogP contribution in [-0.2, 0) is 11.3 Å². The molecule has 0 aliphatic heterocycles. The summed E-state index contributed by atoms with van der Waals surface area (Å²) in [6.45, 7) is 10.7. The van der Waals surface area contributed by atoms with E-state index in [0.29, 0.717) is 28.5 Å². The van der Waals surface area contributed by atoms with E-state index in [-0.39, 0.29) is 24.1 Å². The van der Waals surface area contributed by atoms with Gasteiger partial charge in [-0.15, -0.1) is 0 Å². The summed E-state index contributed by atoms with van der Waals surface area (Å²) < 4.78 is 7.16. The maximum absolute atomic E-state index is 12.6. The van der Waals surface area contributed by atoms with E-state index in [1.807, 2.05) is 4.68 Å². The summed E-state index contributed by atoms with van der Waals surface area (Å²) in [7, 11) is 1.60. The fraction of sp³-hybridized carbons (Fsp3) is 0.476. The Bertz CT molecular complexity index is 984. The summed E-state index contributed by atoms with van der Waals surface area (Å²) in [6, 6.07) is 8.63. The first-order valence-electron chi connectivity index (χ1n) is 9.40. The third-order valence-corrected chi connectivity index (χ3v) is 4.87. The molecule has 144 valence electrons. The molecule has 0 aliphatic rings. The summed E-state index contributed by atoms with van der Waals surface area (Å²) in [4.78, 5) is 19.9. The van der Waals surface area contributed by atoms with Crippen molar-refractivity contribution in [2.75, 3.05) is 7.11 Å². The number of methoxy groups -OCH3 is 1. The lowest BCUT2D eigenvalue weighted by molar-refractivity contribution is 0.181. The molecule has 0 bridgehead atoms. The Morgan fingerprint density at radius 2 is 1.74 bits per heavy atom. The second-order valence-electron chi connectivity index (χ2n) is 7.68. The second-order valence-corrected chi connectivity index (χ2v) is 7.68. The molecular weight excluding hydrogens is 340 g/mol. The van der Waals surface area contributed by atoms with Gasteiger partial charge >= 0.3 is 0 Å². The van der Waals surface area contributed by atoms with Gasteiger partial charge in [-0.25, -0.2) is 9.67 Å². The number of aromatic nitrogens is 4. The average molecular weight is 368 g/mol. The Hall–Kier alpha value is -2.47. The van der Waals surface area contributed by atoms with Crippen LogP contribution in [0.25, 0.3) is 11.0 Å². The van der Waals surface area contributed by atoms with E-state index in [1.165, 1.54) is 5.56 Å².